The molecule has 30 heteroatoms. The van der Waals surface area contributed by atoms with Crippen LogP contribution in [-0.2, 0) is 59.8 Å². The Balaban J connectivity index is -0.0000000144. The minimum absolute atomic E-state index is 0. The Morgan fingerprint density at radius 2 is 0.318 bits per heavy atom. The van der Waals surface area contributed by atoms with E-state index in [9.17, 15) is 0 Å². The minimum atomic E-state index is -1.22. The van der Waals surface area contributed by atoms with E-state index in [4.69, 9.17) is 69.3 Å². The van der Waals surface area contributed by atoms with Crippen LogP contribution in [0.25, 0.3) is 0 Å². The minimum Gasteiger partial charge on any atom is -0.549 e. The number of halogens is 7. The van der Waals surface area contributed by atoms with Gasteiger partial charge in [-0.05, 0) is 0 Å². The number of hydrogen-bond donors (Lipinski definition) is 7. The molecule has 0 rings (SSSR count). The summed E-state index contributed by atoms with van der Waals surface area (Å²) in [5.41, 5.74) is 31.6. The molecule has 0 amide bonds. The number of carbonyl (C=O) groups excluding carboxylic acids is 7. The molecule has 0 saturated carbocycles. The van der Waals surface area contributed by atoms with Crippen molar-refractivity contribution in [3.63, 3.8) is 0 Å². The summed E-state index contributed by atoms with van der Waals surface area (Å²) in [7, 11) is 0. The Morgan fingerprint density at radius 3 is 0.318 bits per heavy atom. The number of nitrogens with two attached hydrogens (primary N) is 7. The first-order valence-electron chi connectivity index (χ1n) is 8.19. The molecule has 0 fully saturated rings. The van der Waals surface area contributed by atoms with Crippen LogP contribution >= 0.6 is 86.8 Å². The molecule has 14 N–H and O–H groups in total. The molecule has 0 aromatic carbocycles. The van der Waals surface area contributed by atoms with Crippen LogP contribution in [0.5, 0.6) is 0 Å². The predicted octanol–water partition coefficient (Wildman–Crippen LogP) is -13.6. The van der Waals surface area contributed by atoms with Gasteiger partial charge in [-0.15, -0.1) is 86.8 Å². The molecule has 0 bridgehead atoms. The molecular weight excluding hydrogens is 857 g/mol. The van der Waals surface area contributed by atoms with Gasteiger partial charge in [0.1, 0.15) is 0 Å². The Morgan fingerprint density at radius 1 is 0.295 bits per heavy atom. The van der Waals surface area contributed by atoms with Crippen molar-refractivity contribution in [1.82, 2.24) is 0 Å². The third-order valence-corrected chi connectivity index (χ3v) is 1.17. The van der Waals surface area contributed by atoms with Gasteiger partial charge in [-0.1, -0.05) is 0 Å². The summed E-state index contributed by atoms with van der Waals surface area (Å²) in [5, 5.41) is 63.9. The van der Waals surface area contributed by atoms with Crippen molar-refractivity contribution in [1.29, 1.82) is 0 Å². The quantitative estimate of drug-likeness (QED) is 0.117. The third-order valence-electron chi connectivity index (χ3n) is 1.17. The first-order valence-corrected chi connectivity index (χ1v) is 8.19. The van der Waals surface area contributed by atoms with Gasteiger partial charge in [-0.2, -0.15) is 0 Å². The van der Waals surface area contributed by atoms with E-state index in [-0.39, 0.29) is 176 Å². The van der Waals surface area contributed by atoms with Crippen LogP contribution in [0.4, 0.5) is 0 Å². The summed E-state index contributed by atoms with van der Waals surface area (Å²) in [6.45, 7) is -2.72. The molecule has 0 saturated heterocycles. The molecule has 0 aliphatic heterocycles. The molecule has 0 aliphatic carbocycles. The van der Waals surface area contributed by atoms with Gasteiger partial charge < -0.3 is 109 Å². The molecule has 0 heterocycles. The normalized spacial score (nSPS) is 5.89. The summed E-state index contributed by atoms with van der Waals surface area (Å²) in [6.07, 6.45) is 0. The molecule has 21 nitrogen and oxygen atoms in total. The zero-order chi connectivity index (χ0) is 30.0. The van der Waals surface area contributed by atoms with Crippen LogP contribution in [0.15, 0.2) is 0 Å². The first kappa shape index (κ1) is 104. The average molecular weight is 892 g/mol. The van der Waals surface area contributed by atoms with Gasteiger partial charge in [-0.25, -0.2) is 0 Å². The summed E-state index contributed by atoms with van der Waals surface area (Å²) in [5.74, 6) is -8.52. The van der Waals surface area contributed by atoms with Crippen molar-refractivity contribution in [2.75, 3.05) is 45.8 Å². The Labute approximate surface area is 325 Å². The number of carboxylic acid groups (broad SMARTS) is 7. The Kier molecular flexibility index (Phi) is 229. The van der Waals surface area contributed by atoms with Crippen LogP contribution in [0.3, 0.4) is 0 Å². The molecule has 44 heavy (non-hydrogen) atoms. The van der Waals surface area contributed by atoms with Crippen LogP contribution < -0.4 is 75.9 Å². The number of carboxylic acids is 7. The smallest absolute Gasteiger partial charge is 0.549 e. The summed E-state index contributed by atoms with van der Waals surface area (Å²) >= 11 is 0. The van der Waals surface area contributed by atoms with E-state index in [0.717, 1.165) is 0 Å². The van der Waals surface area contributed by atoms with Crippen LogP contribution in [-0.4, -0.2) is 105 Å². The fourth-order valence-corrected chi connectivity index (χ4v) is 0. The second kappa shape index (κ2) is 96.8. The maximum Gasteiger partial charge on any atom is 4.00 e. The van der Waals surface area contributed by atoms with Gasteiger partial charge in [0.05, 0.1) is 41.8 Å². The maximum atomic E-state index is 9.13. The van der Waals surface area contributed by atoms with Crippen molar-refractivity contribution >= 4 is 146 Å². The van der Waals surface area contributed by atoms with Crippen LogP contribution in [0.1, 0.15) is 0 Å². The molecule has 266 valence electrons. The molecule has 0 aromatic rings. The third kappa shape index (κ3) is 375. The number of aliphatic carboxylic acids is 7. The Bertz CT molecular complexity index is 479. The zero-order valence-corrected chi connectivity index (χ0v) is 31.5. The average Bonchev–Trinajstić information content (AvgIpc) is 2.80. The first-order chi connectivity index (χ1) is 15.9. The van der Waals surface area contributed by atoms with E-state index in [1.165, 1.54) is 0 Å². The van der Waals surface area contributed by atoms with E-state index in [1.807, 2.05) is 0 Å². The summed E-state index contributed by atoms with van der Waals surface area (Å²) in [4.78, 5) is 63.9. The zero-order valence-electron chi connectivity index (χ0n) is 22.1. The monoisotopic (exact) mass is 887 g/mol. The van der Waals surface area contributed by atoms with Gasteiger partial charge in [0.2, 0.25) is 0 Å². The molecule has 0 aromatic heterocycles. The SMILES string of the molecule is Cl.Cl.Cl.Cl.Cl.Cl.Cl.NCC(=O)[O-].NCC(=O)[O-].NCC(=O)[O-].NCC(=O)[O-].NCC(=O)[O-].NCC(=O)[O-].NCC(=O)[O-].[Al+3].[Zr+4]. The van der Waals surface area contributed by atoms with Gasteiger partial charge in [0.25, 0.3) is 0 Å². The van der Waals surface area contributed by atoms with Crippen molar-refractivity contribution < 1.29 is 95.5 Å². The second-order valence-corrected chi connectivity index (χ2v) is 4.03. The number of carbonyl (C=O) groups is 7. The van der Waals surface area contributed by atoms with Gasteiger partial charge in [0, 0.05) is 45.8 Å². The fourth-order valence-electron chi connectivity index (χ4n) is 0. The molecule has 0 atom stereocenters. The maximum absolute atomic E-state index is 9.13. The van der Waals surface area contributed by atoms with Gasteiger partial charge in [0.15, 0.2) is 0 Å². The van der Waals surface area contributed by atoms with Crippen molar-refractivity contribution in [3.8, 4) is 0 Å². The molecule has 0 spiro atoms. The van der Waals surface area contributed by atoms with Gasteiger partial charge >= 0.3 is 43.6 Å². The molecule has 0 radical (unpaired) electrons. The largest absolute Gasteiger partial charge is 4.00 e. The molecule has 0 unspecified atom stereocenters. The summed E-state index contributed by atoms with van der Waals surface area (Å²) < 4.78 is 0. The Hall–Kier alpha value is -0.544. The summed E-state index contributed by atoms with van der Waals surface area (Å²) in [6, 6.07) is 0. The number of hydrogen-bond acceptors (Lipinski definition) is 21. The van der Waals surface area contributed by atoms with Crippen molar-refractivity contribution in [2.45, 2.75) is 0 Å². The van der Waals surface area contributed by atoms with E-state index < -0.39 is 41.8 Å². The second-order valence-electron chi connectivity index (χ2n) is 4.03. The van der Waals surface area contributed by atoms with E-state index in [1.54, 1.807) is 0 Å². The topological polar surface area (TPSA) is 463 Å². The van der Waals surface area contributed by atoms with E-state index in [0.29, 0.717) is 0 Å². The fraction of sp³-hybridized carbons (Fsp3) is 0.500. The van der Waals surface area contributed by atoms with Crippen molar-refractivity contribution in [2.24, 2.45) is 40.1 Å². The van der Waals surface area contributed by atoms with Crippen LogP contribution in [0.2, 0.25) is 0 Å². The molecular formula is C14H35AlCl7N7O14Zr. The van der Waals surface area contributed by atoms with Gasteiger partial charge in [-0.3, -0.25) is 0 Å². The standard InChI is InChI=1S/7C2H5NO2.Al.7ClH.Zr/c7*3-1-2(4)5;;;;;;;;;/h7*1,3H2,(H,4,5);;7*1H;/q;;;;;;;+3;;;;;;;;+4/p-7. The van der Waals surface area contributed by atoms with Crippen molar-refractivity contribution in [3.05, 3.63) is 0 Å². The van der Waals surface area contributed by atoms with E-state index in [2.05, 4.69) is 40.1 Å². The van der Waals surface area contributed by atoms with Crippen LogP contribution in [0, 0.1) is 0 Å². The predicted molar refractivity (Wildman–Crippen MR) is 155 cm³/mol. The van der Waals surface area contributed by atoms with E-state index >= 15 is 0 Å². The number of rotatable bonds is 7. The molecule has 0 aliphatic rings.